The van der Waals surface area contributed by atoms with Crippen molar-refractivity contribution in [2.24, 2.45) is 0 Å². The Hall–Kier alpha value is -4.37. The van der Waals surface area contributed by atoms with Crippen molar-refractivity contribution in [1.29, 1.82) is 0 Å². The Morgan fingerprint density at radius 3 is 2.34 bits per heavy atom. The van der Waals surface area contributed by atoms with Crippen LogP contribution in [0.15, 0.2) is 108 Å². The van der Waals surface area contributed by atoms with Crippen molar-refractivity contribution < 1.29 is 4.42 Å². The molecule has 168 valence electrons. The summed E-state index contributed by atoms with van der Waals surface area (Å²) < 4.78 is 6.06. The van der Waals surface area contributed by atoms with Crippen LogP contribution in [0.3, 0.4) is 0 Å². The van der Waals surface area contributed by atoms with Gasteiger partial charge in [0, 0.05) is 33.6 Å². The fourth-order valence-corrected chi connectivity index (χ4v) is 5.57. The predicted octanol–water partition coefficient (Wildman–Crippen LogP) is 8.70. The van der Waals surface area contributed by atoms with Crippen LogP contribution in [-0.4, -0.2) is 4.98 Å². The summed E-state index contributed by atoms with van der Waals surface area (Å²) in [5, 5.41) is 5.77. The Morgan fingerprint density at radius 2 is 1.46 bits per heavy atom. The first-order valence-corrected chi connectivity index (χ1v) is 12.0. The van der Waals surface area contributed by atoms with E-state index in [1.807, 2.05) is 36.5 Å². The normalized spacial score (nSPS) is 13.7. The number of benzene rings is 4. The number of anilines is 2. The molecule has 0 saturated heterocycles. The van der Waals surface area contributed by atoms with Gasteiger partial charge in [0.1, 0.15) is 17.0 Å². The van der Waals surface area contributed by atoms with Gasteiger partial charge in [-0.3, -0.25) is 0 Å². The number of nitrogens with one attached hydrogen (secondary N) is 1. The molecule has 1 aliphatic rings. The highest BCUT2D eigenvalue weighted by Gasteiger charge is 2.35. The highest BCUT2D eigenvalue weighted by Crippen LogP contribution is 2.49. The van der Waals surface area contributed by atoms with Crippen LogP contribution in [0.4, 0.5) is 11.5 Å². The largest absolute Gasteiger partial charge is 0.456 e. The maximum Gasteiger partial charge on any atom is 0.136 e. The van der Waals surface area contributed by atoms with E-state index in [2.05, 4.69) is 85.9 Å². The van der Waals surface area contributed by atoms with Crippen molar-refractivity contribution in [2.45, 2.75) is 19.3 Å². The van der Waals surface area contributed by atoms with Gasteiger partial charge in [0.05, 0.1) is 0 Å². The number of aromatic nitrogens is 1. The first-order chi connectivity index (χ1) is 17.1. The summed E-state index contributed by atoms with van der Waals surface area (Å²) >= 11 is 0. The van der Waals surface area contributed by atoms with Crippen LogP contribution in [-0.2, 0) is 5.41 Å². The van der Waals surface area contributed by atoms with Gasteiger partial charge in [0.15, 0.2) is 0 Å². The van der Waals surface area contributed by atoms with Gasteiger partial charge >= 0.3 is 0 Å². The van der Waals surface area contributed by atoms with E-state index in [1.54, 1.807) is 0 Å². The highest BCUT2D eigenvalue weighted by molar-refractivity contribution is 6.12. The second-order valence-electron chi connectivity index (χ2n) is 9.76. The molecule has 0 unspecified atom stereocenters. The van der Waals surface area contributed by atoms with E-state index in [0.29, 0.717) is 0 Å². The molecule has 0 atom stereocenters. The molecular formula is C32H24N2O. The van der Waals surface area contributed by atoms with Gasteiger partial charge in [-0.1, -0.05) is 74.5 Å². The zero-order valence-electron chi connectivity index (χ0n) is 19.7. The van der Waals surface area contributed by atoms with Crippen molar-refractivity contribution in [3.8, 4) is 22.3 Å². The van der Waals surface area contributed by atoms with Crippen LogP contribution in [0.25, 0.3) is 44.2 Å². The van der Waals surface area contributed by atoms with Crippen LogP contribution in [0.1, 0.15) is 25.0 Å². The van der Waals surface area contributed by atoms with Crippen molar-refractivity contribution in [3.05, 3.63) is 114 Å². The molecule has 0 radical (unpaired) electrons. The second-order valence-corrected chi connectivity index (χ2v) is 9.76. The minimum atomic E-state index is -0.0209. The lowest BCUT2D eigenvalue weighted by Gasteiger charge is -2.22. The Morgan fingerprint density at radius 1 is 0.686 bits per heavy atom. The van der Waals surface area contributed by atoms with E-state index in [1.165, 1.54) is 22.3 Å². The average Bonchev–Trinajstić information content (AvgIpc) is 3.38. The van der Waals surface area contributed by atoms with E-state index in [-0.39, 0.29) is 5.41 Å². The molecular weight excluding hydrogens is 428 g/mol. The van der Waals surface area contributed by atoms with E-state index in [0.717, 1.165) is 44.6 Å². The van der Waals surface area contributed by atoms with E-state index < -0.39 is 0 Å². The standard InChI is InChI=1S/C32H24N2O/c1-32(2)26-11-5-3-8-23(26)24-16-15-21(18-27(24)32)34-30-17-14-20(19-33-30)22-10-7-13-29-31(22)25-9-4-6-12-28(25)35-29/h3-19H,1-2H3,(H,33,34). The van der Waals surface area contributed by atoms with Gasteiger partial charge in [0.2, 0.25) is 0 Å². The fraction of sp³-hybridized carbons (Fsp3) is 0.0938. The molecule has 2 heterocycles. The summed E-state index contributed by atoms with van der Waals surface area (Å²) in [5.41, 5.74) is 10.4. The number of fused-ring (bicyclic) bond motifs is 6. The molecule has 0 bridgehead atoms. The third-order valence-electron chi connectivity index (χ3n) is 7.33. The number of furan rings is 1. The minimum Gasteiger partial charge on any atom is -0.456 e. The highest BCUT2D eigenvalue weighted by atomic mass is 16.3. The lowest BCUT2D eigenvalue weighted by molar-refractivity contribution is 0.660. The molecule has 0 fully saturated rings. The maximum absolute atomic E-state index is 6.06. The third kappa shape index (κ3) is 3.01. The molecule has 3 heteroatoms. The summed E-state index contributed by atoms with van der Waals surface area (Å²) in [6.07, 6.45) is 1.94. The predicted molar refractivity (Wildman–Crippen MR) is 144 cm³/mol. The molecule has 35 heavy (non-hydrogen) atoms. The van der Waals surface area contributed by atoms with E-state index >= 15 is 0 Å². The summed E-state index contributed by atoms with van der Waals surface area (Å²) in [7, 11) is 0. The number of nitrogens with zero attached hydrogens (tertiary/aromatic N) is 1. The van der Waals surface area contributed by atoms with Gasteiger partial charge in [-0.2, -0.15) is 0 Å². The molecule has 7 rings (SSSR count). The Balaban J connectivity index is 1.22. The molecule has 3 nitrogen and oxygen atoms in total. The molecule has 1 aliphatic carbocycles. The molecule has 0 amide bonds. The molecule has 0 spiro atoms. The minimum absolute atomic E-state index is 0.0209. The fourth-order valence-electron chi connectivity index (χ4n) is 5.57. The SMILES string of the molecule is CC1(C)c2ccccc2-c2ccc(Nc3ccc(-c4cccc5oc6ccccc6c45)cn3)cc21. The van der Waals surface area contributed by atoms with Crippen LogP contribution in [0.5, 0.6) is 0 Å². The number of pyridine rings is 1. The Labute approximate surface area is 204 Å². The first-order valence-electron chi connectivity index (χ1n) is 12.0. The van der Waals surface area contributed by atoms with Crippen LogP contribution in [0, 0.1) is 0 Å². The van der Waals surface area contributed by atoms with Gasteiger partial charge in [0.25, 0.3) is 0 Å². The van der Waals surface area contributed by atoms with Crippen LogP contribution < -0.4 is 5.32 Å². The van der Waals surface area contributed by atoms with Crippen molar-refractivity contribution in [2.75, 3.05) is 5.32 Å². The summed E-state index contributed by atoms with van der Waals surface area (Å²) in [5.74, 6) is 0.825. The van der Waals surface area contributed by atoms with Gasteiger partial charge < -0.3 is 9.73 Å². The molecule has 4 aromatic carbocycles. The Kier molecular flexibility index (Phi) is 4.19. The van der Waals surface area contributed by atoms with Gasteiger partial charge in [-0.05, 0) is 64.2 Å². The quantitative estimate of drug-likeness (QED) is 0.292. The van der Waals surface area contributed by atoms with Crippen molar-refractivity contribution in [1.82, 2.24) is 4.98 Å². The van der Waals surface area contributed by atoms with Crippen molar-refractivity contribution in [3.63, 3.8) is 0 Å². The van der Waals surface area contributed by atoms with Crippen LogP contribution in [0.2, 0.25) is 0 Å². The average molecular weight is 453 g/mol. The van der Waals surface area contributed by atoms with Gasteiger partial charge in [-0.15, -0.1) is 0 Å². The molecule has 6 aromatic rings. The smallest absolute Gasteiger partial charge is 0.136 e. The second kappa shape index (κ2) is 7.31. The lowest BCUT2D eigenvalue weighted by Crippen LogP contribution is -2.15. The zero-order valence-corrected chi connectivity index (χ0v) is 19.7. The summed E-state index contributed by atoms with van der Waals surface area (Å²) in [6, 6.07) is 33.9. The zero-order chi connectivity index (χ0) is 23.6. The molecule has 2 aromatic heterocycles. The summed E-state index contributed by atoms with van der Waals surface area (Å²) in [4.78, 5) is 4.75. The maximum atomic E-state index is 6.06. The molecule has 1 N–H and O–H groups in total. The third-order valence-corrected chi connectivity index (χ3v) is 7.33. The number of hydrogen-bond donors (Lipinski definition) is 1. The van der Waals surface area contributed by atoms with E-state index in [9.17, 15) is 0 Å². The monoisotopic (exact) mass is 452 g/mol. The van der Waals surface area contributed by atoms with Gasteiger partial charge in [-0.25, -0.2) is 4.98 Å². The molecule has 0 saturated carbocycles. The topological polar surface area (TPSA) is 38.1 Å². The van der Waals surface area contributed by atoms with Crippen LogP contribution >= 0.6 is 0 Å². The number of rotatable bonds is 3. The summed E-state index contributed by atoms with van der Waals surface area (Å²) in [6.45, 7) is 4.60. The Bertz CT molecular complexity index is 1740. The van der Waals surface area contributed by atoms with E-state index in [4.69, 9.17) is 9.40 Å². The lowest BCUT2D eigenvalue weighted by atomic mass is 9.82. The van der Waals surface area contributed by atoms with Crippen molar-refractivity contribution >= 4 is 33.4 Å². The number of para-hydroxylation sites is 1. The number of hydrogen-bond acceptors (Lipinski definition) is 3. The molecule has 0 aliphatic heterocycles. The first kappa shape index (κ1) is 20.0.